The van der Waals surface area contributed by atoms with E-state index < -0.39 is 48.4 Å². The first-order valence-electron chi connectivity index (χ1n) is 11.7. The first kappa shape index (κ1) is 28.4. The molecule has 35 heavy (non-hydrogen) atoms. The molecule has 0 bridgehead atoms. The number of hydrogen-bond donors (Lipinski definition) is 3. The summed E-state index contributed by atoms with van der Waals surface area (Å²) in [5.74, 6) is -3.57. The SMILES string of the molecule is CC(C)C.CC1(C)C2CN(C(=O)CNC(=O)C(F)(F)F)C(C(=O)N[C@H](C#N)C[C@@H]3CCNC3=O)C21. The van der Waals surface area contributed by atoms with Crippen LogP contribution in [-0.4, -0.2) is 66.4 Å². The molecule has 0 spiro atoms. The van der Waals surface area contributed by atoms with E-state index in [0.29, 0.717) is 13.0 Å². The summed E-state index contributed by atoms with van der Waals surface area (Å²) >= 11 is 0. The normalized spacial score (nSPS) is 27.1. The van der Waals surface area contributed by atoms with Gasteiger partial charge in [0, 0.05) is 19.0 Å². The van der Waals surface area contributed by atoms with Gasteiger partial charge in [-0.15, -0.1) is 0 Å². The van der Waals surface area contributed by atoms with Gasteiger partial charge in [0.05, 0.1) is 12.6 Å². The number of piperidine rings is 1. The van der Waals surface area contributed by atoms with Crippen LogP contribution in [-0.2, 0) is 19.2 Å². The van der Waals surface area contributed by atoms with Crippen molar-refractivity contribution in [3.63, 3.8) is 0 Å². The summed E-state index contributed by atoms with van der Waals surface area (Å²) < 4.78 is 37.1. The molecular formula is C23H34F3N5O4. The second kappa shape index (κ2) is 10.8. The lowest BCUT2D eigenvalue weighted by Gasteiger charge is -2.31. The molecule has 0 aromatic heterocycles. The van der Waals surface area contributed by atoms with E-state index in [1.165, 1.54) is 10.2 Å². The monoisotopic (exact) mass is 501 g/mol. The molecule has 2 aliphatic heterocycles. The molecule has 1 saturated carbocycles. The fourth-order valence-electron chi connectivity index (χ4n) is 4.76. The van der Waals surface area contributed by atoms with Gasteiger partial charge in [0.2, 0.25) is 17.7 Å². The molecule has 3 N–H and O–H groups in total. The van der Waals surface area contributed by atoms with Crippen molar-refractivity contribution in [2.75, 3.05) is 19.6 Å². The van der Waals surface area contributed by atoms with Crippen molar-refractivity contribution in [1.82, 2.24) is 20.9 Å². The van der Waals surface area contributed by atoms with E-state index in [1.54, 1.807) is 0 Å². The number of likely N-dealkylation sites (tertiary alicyclic amines) is 1. The third-order valence-corrected chi connectivity index (χ3v) is 6.61. The maximum atomic E-state index is 13.0. The van der Waals surface area contributed by atoms with Gasteiger partial charge in [0.15, 0.2) is 0 Å². The van der Waals surface area contributed by atoms with Crippen molar-refractivity contribution in [3.05, 3.63) is 0 Å². The van der Waals surface area contributed by atoms with Gasteiger partial charge in [-0.05, 0) is 36.0 Å². The number of carbonyl (C=O) groups is 4. The Kier molecular flexibility index (Phi) is 8.79. The zero-order chi connectivity index (χ0) is 26.7. The number of halogens is 3. The molecule has 0 radical (unpaired) electrons. The molecule has 12 heteroatoms. The minimum atomic E-state index is -5.11. The second-order valence-corrected chi connectivity index (χ2v) is 10.6. The minimum absolute atomic E-state index is 0.00772. The van der Waals surface area contributed by atoms with E-state index in [9.17, 15) is 37.6 Å². The Morgan fingerprint density at radius 3 is 2.34 bits per heavy atom. The summed E-state index contributed by atoms with van der Waals surface area (Å²) in [5, 5.41) is 16.2. The van der Waals surface area contributed by atoms with E-state index in [4.69, 9.17) is 0 Å². The second-order valence-electron chi connectivity index (χ2n) is 10.6. The van der Waals surface area contributed by atoms with E-state index in [1.807, 2.05) is 19.9 Å². The lowest BCUT2D eigenvalue weighted by Crippen LogP contribution is -2.54. The Morgan fingerprint density at radius 2 is 1.86 bits per heavy atom. The van der Waals surface area contributed by atoms with Gasteiger partial charge < -0.3 is 20.9 Å². The molecule has 2 heterocycles. The Labute approximate surface area is 203 Å². The van der Waals surface area contributed by atoms with Gasteiger partial charge in [-0.2, -0.15) is 18.4 Å². The quantitative estimate of drug-likeness (QED) is 0.506. The molecule has 9 nitrogen and oxygen atoms in total. The molecule has 1 aliphatic carbocycles. The first-order chi connectivity index (χ1) is 16.1. The number of alkyl halides is 3. The van der Waals surface area contributed by atoms with Crippen molar-refractivity contribution in [1.29, 1.82) is 5.26 Å². The van der Waals surface area contributed by atoms with E-state index >= 15 is 0 Å². The molecule has 3 unspecified atom stereocenters. The molecule has 0 aromatic carbocycles. The standard InChI is InChI=1S/C19H24F3N5O4.C4H10/c1-18(2)11-8-27(12(28)7-25-17(31)19(20,21)22)14(13(11)18)16(30)26-10(6-23)5-9-3-4-24-15(9)29;1-4(2)3/h9-11,13-14H,3-5,7-8H2,1-2H3,(H,24,29)(H,25,31)(H,26,30);4H,1-3H3/t9-,10-,11?,13?,14?;/m0./s1. The van der Waals surface area contributed by atoms with E-state index in [0.717, 1.165) is 5.92 Å². The summed E-state index contributed by atoms with van der Waals surface area (Å²) in [6.45, 7) is 10.2. The third kappa shape index (κ3) is 6.86. The number of fused-ring (bicyclic) bond motifs is 1. The zero-order valence-corrected chi connectivity index (χ0v) is 20.7. The van der Waals surface area contributed by atoms with Crippen LogP contribution in [0.5, 0.6) is 0 Å². The Morgan fingerprint density at radius 1 is 1.26 bits per heavy atom. The van der Waals surface area contributed by atoms with Crippen LogP contribution in [0.3, 0.4) is 0 Å². The maximum Gasteiger partial charge on any atom is 0.471 e. The molecular weight excluding hydrogens is 467 g/mol. The maximum absolute atomic E-state index is 13.0. The minimum Gasteiger partial charge on any atom is -0.356 e. The van der Waals surface area contributed by atoms with Crippen LogP contribution in [0.25, 0.3) is 0 Å². The van der Waals surface area contributed by atoms with Crippen LogP contribution in [0.4, 0.5) is 13.2 Å². The van der Waals surface area contributed by atoms with Gasteiger partial charge in [-0.3, -0.25) is 19.2 Å². The van der Waals surface area contributed by atoms with Gasteiger partial charge in [0.1, 0.15) is 12.1 Å². The van der Waals surface area contributed by atoms with Crippen molar-refractivity contribution in [2.45, 2.75) is 65.7 Å². The Bertz CT molecular complexity index is 881. The predicted octanol–water partition coefficient (Wildman–Crippen LogP) is 1.34. The Balaban J connectivity index is 0.00000100. The summed E-state index contributed by atoms with van der Waals surface area (Å²) in [6, 6.07) is 0.0608. The number of carbonyl (C=O) groups excluding carboxylic acids is 4. The number of nitriles is 1. The fourth-order valence-corrected chi connectivity index (χ4v) is 4.76. The summed E-state index contributed by atoms with van der Waals surface area (Å²) in [5.41, 5.74) is -0.235. The highest BCUT2D eigenvalue weighted by molar-refractivity contribution is 5.92. The molecule has 3 aliphatic rings. The van der Waals surface area contributed by atoms with Crippen LogP contribution in [0, 0.1) is 40.4 Å². The predicted molar refractivity (Wildman–Crippen MR) is 119 cm³/mol. The molecule has 196 valence electrons. The molecule has 5 atom stereocenters. The number of amides is 4. The average Bonchev–Trinajstić information content (AvgIpc) is 3.10. The molecule has 2 saturated heterocycles. The van der Waals surface area contributed by atoms with Gasteiger partial charge in [-0.1, -0.05) is 34.6 Å². The van der Waals surface area contributed by atoms with E-state index in [-0.39, 0.29) is 36.1 Å². The van der Waals surface area contributed by atoms with E-state index in [2.05, 4.69) is 31.4 Å². The van der Waals surface area contributed by atoms with Crippen molar-refractivity contribution in [3.8, 4) is 6.07 Å². The van der Waals surface area contributed by atoms with Crippen LogP contribution in [0.2, 0.25) is 0 Å². The summed E-state index contributed by atoms with van der Waals surface area (Å²) in [6.07, 6.45) is -4.43. The summed E-state index contributed by atoms with van der Waals surface area (Å²) in [4.78, 5) is 49.4. The number of nitrogens with one attached hydrogen (secondary N) is 3. The van der Waals surface area contributed by atoms with Crippen molar-refractivity contribution >= 4 is 23.6 Å². The highest BCUT2D eigenvalue weighted by Crippen LogP contribution is 2.64. The van der Waals surface area contributed by atoms with Crippen molar-refractivity contribution in [2.24, 2.45) is 29.1 Å². The lowest BCUT2D eigenvalue weighted by atomic mass is 9.97. The number of nitrogens with zero attached hydrogens (tertiary/aromatic N) is 2. The topological polar surface area (TPSA) is 131 Å². The molecule has 4 amide bonds. The van der Waals surface area contributed by atoms with Gasteiger partial charge in [0.25, 0.3) is 0 Å². The van der Waals surface area contributed by atoms with Crippen LogP contribution in [0.1, 0.15) is 47.5 Å². The smallest absolute Gasteiger partial charge is 0.356 e. The summed E-state index contributed by atoms with van der Waals surface area (Å²) in [7, 11) is 0. The van der Waals surface area contributed by atoms with Gasteiger partial charge in [-0.25, -0.2) is 0 Å². The third-order valence-electron chi connectivity index (χ3n) is 6.61. The average molecular weight is 502 g/mol. The number of rotatable bonds is 6. The first-order valence-corrected chi connectivity index (χ1v) is 11.7. The zero-order valence-electron chi connectivity index (χ0n) is 20.7. The fraction of sp³-hybridized carbons (Fsp3) is 0.783. The molecule has 0 aromatic rings. The van der Waals surface area contributed by atoms with Gasteiger partial charge >= 0.3 is 12.1 Å². The Hall–Kier alpha value is -2.84. The van der Waals surface area contributed by atoms with Crippen LogP contribution >= 0.6 is 0 Å². The lowest BCUT2D eigenvalue weighted by molar-refractivity contribution is -0.174. The molecule has 3 fully saturated rings. The largest absolute Gasteiger partial charge is 0.471 e. The van der Waals surface area contributed by atoms with Crippen LogP contribution < -0.4 is 16.0 Å². The number of hydrogen-bond acceptors (Lipinski definition) is 5. The van der Waals surface area contributed by atoms with Crippen LogP contribution in [0.15, 0.2) is 0 Å². The highest BCUT2D eigenvalue weighted by atomic mass is 19.4. The molecule has 3 rings (SSSR count). The van der Waals surface area contributed by atoms with Crippen molar-refractivity contribution < 1.29 is 32.3 Å². The highest BCUT2D eigenvalue weighted by Gasteiger charge is 2.69.